The van der Waals surface area contributed by atoms with Crippen LogP contribution < -0.4 is 9.44 Å². The largest absolute Gasteiger partial charge is 0.480 e. The van der Waals surface area contributed by atoms with E-state index in [0.717, 1.165) is 18.4 Å². The van der Waals surface area contributed by atoms with Crippen molar-refractivity contribution in [3.63, 3.8) is 0 Å². The van der Waals surface area contributed by atoms with Gasteiger partial charge in [0.2, 0.25) is 20.0 Å². The van der Waals surface area contributed by atoms with Gasteiger partial charge in [0.1, 0.15) is 16.8 Å². The van der Waals surface area contributed by atoms with Gasteiger partial charge in [0.15, 0.2) is 0 Å². The number of carboxylic acid groups (broad SMARTS) is 1. The summed E-state index contributed by atoms with van der Waals surface area (Å²) in [7, 11) is -8.05. The fraction of sp³-hybridized carbons (Fsp3) is 0.462. The first-order chi connectivity index (χ1) is 11.0. The average Bonchev–Trinajstić information content (AvgIpc) is 2.41. The van der Waals surface area contributed by atoms with E-state index >= 15 is 0 Å². The number of sulfonamides is 2. The molecule has 0 radical (unpaired) electrons. The van der Waals surface area contributed by atoms with E-state index in [9.17, 15) is 26.0 Å². The summed E-state index contributed by atoms with van der Waals surface area (Å²) >= 11 is 0. The van der Waals surface area contributed by atoms with Crippen LogP contribution in [0.4, 0.5) is 10.1 Å². The lowest BCUT2D eigenvalue weighted by Gasteiger charge is -2.15. The molecule has 0 bridgehead atoms. The van der Waals surface area contributed by atoms with Crippen molar-refractivity contribution < 1.29 is 31.1 Å². The minimum atomic E-state index is -4.41. The number of carboxylic acids is 1. The molecular weight excluding hydrogens is 363 g/mol. The maximum absolute atomic E-state index is 14.0. The van der Waals surface area contributed by atoms with Gasteiger partial charge in [-0.15, -0.1) is 0 Å². The van der Waals surface area contributed by atoms with E-state index in [-0.39, 0.29) is 12.1 Å². The van der Waals surface area contributed by atoms with Gasteiger partial charge in [0, 0.05) is 0 Å². The second kappa shape index (κ2) is 7.90. The second-order valence-corrected chi connectivity index (χ2v) is 8.60. The minimum absolute atomic E-state index is 0.0698. The molecule has 0 spiro atoms. The summed E-state index contributed by atoms with van der Waals surface area (Å²) in [6.45, 7) is 1.82. The second-order valence-electron chi connectivity index (χ2n) is 5.17. The number of aliphatic carboxylic acids is 1. The molecule has 0 heterocycles. The monoisotopic (exact) mass is 382 g/mol. The first kappa shape index (κ1) is 20.3. The molecule has 0 aromatic heterocycles. The summed E-state index contributed by atoms with van der Waals surface area (Å²) in [5.41, 5.74) is -0.144. The summed E-state index contributed by atoms with van der Waals surface area (Å²) in [6, 6.07) is 1.27. The number of halogens is 1. The molecule has 3 N–H and O–H groups in total. The van der Waals surface area contributed by atoms with Crippen LogP contribution in [-0.4, -0.2) is 40.2 Å². The van der Waals surface area contributed by atoms with E-state index in [1.54, 1.807) is 0 Å². The quantitative estimate of drug-likeness (QED) is 0.587. The van der Waals surface area contributed by atoms with Crippen molar-refractivity contribution >= 4 is 31.7 Å². The van der Waals surface area contributed by atoms with Crippen LogP contribution in [0.2, 0.25) is 0 Å². The summed E-state index contributed by atoms with van der Waals surface area (Å²) in [4.78, 5) is 10.4. The molecule has 0 saturated heterocycles. The molecule has 0 fully saturated rings. The van der Waals surface area contributed by atoms with E-state index in [1.165, 1.54) is 0 Å². The van der Waals surface area contributed by atoms with Gasteiger partial charge >= 0.3 is 5.97 Å². The van der Waals surface area contributed by atoms with Gasteiger partial charge in [-0.05, 0) is 24.6 Å². The maximum Gasteiger partial charge on any atom is 0.321 e. The Morgan fingerprint density at radius 1 is 1.29 bits per heavy atom. The number of nitrogens with one attached hydrogen (secondary N) is 2. The van der Waals surface area contributed by atoms with Gasteiger partial charge < -0.3 is 5.11 Å². The first-order valence-electron chi connectivity index (χ1n) is 6.98. The molecule has 0 aliphatic carbocycles. The van der Waals surface area contributed by atoms with E-state index in [1.807, 2.05) is 16.4 Å². The van der Waals surface area contributed by atoms with Crippen molar-refractivity contribution in [2.75, 3.05) is 11.0 Å². The Morgan fingerprint density at radius 2 is 1.92 bits per heavy atom. The number of carbonyl (C=O) groups is 1. The predicted octanol–water partition coefficient (Wildman–Crippen LogP) is 1.12. The van der Waals surface area contributed by atoms with Gasteiger partial charge in [-0.1, -0.05) is 19.8 Å². The highest BCUT2D eigenvalue weighted by Crippen LogP contribution is 2.20. The Bertz CT molecular complexity index is 808. The van der Waals surface area contributed by atoms with Crippen LogP contribution in [0.25, 0.3) is 0 Å². The van der Waals surface area contributed by atoms with Crippen LogP contribution in [0.15, 0.2) is 23.1 Å². The summed E-state index contributed by atoms with van der Waals surface area (Å²) in [5, 5.41) is 9.05. The number of hydrogen-bond acceptors (Lipinski definition) is 5. The Labute approximate surface area is 140 Å². The van der Waals surface area contributed by atoms with Crippen molar-refractivity contribution in [2.45, 2.75) is 37.1 Å². The fourth-order valence-corrected chi connectivity index (χ4v) is 3.73. The van der Waals surface area contributed by atoms with Gasteiger partial charge in [0.05, 0.1) is 11.9 Å². The van der Waals surface area contributed by atoms with Crippen molar-refractivity contribution in [1.82, 2.24) is 4.72 Å². The zero-order valence-electron chi connectivity index (χ0n) is 13.1. The highest BCUT2D eigenvalue weighted by Gasteiger charge is 2.27. The number of anilines is 1. The smallest absolute Gasteiger partial charge is 0.321 e. The van der Waals surface area contributed by atoms with Gasteiger partial charge in [0.25, 0.3) is 0 Å². The third-order valence-electron chi connectivity index (χ3n) is 2.97. The third kappa shape index (κ3) is 6.06. The molecule has 0 aliphatic heterocycles. The zero-order chi connectivity index (χ0) is 18.5. The van der Waals surface area contributed by atoms with E-state index in [0.29, 0.717) is 18.9 Å². The highest BCUT2D eigenvalue weighted by molar-refractivity contribution is 7.92. The lowest BCUT2D eigenvalue weighted by atomic mass is 10.1. The number of rotatable bonds is 9. The SMILES string of the molecule is CCCCC(NS(=O)(=O)c1ccc(NS(C)(=O)=O)cc1F)C(=O)O. The van der Waals surface area contributed by atoms with Crippen LogP contribution >= 0.6 is 0 Å². The van der Waals surface area contributed by atoms with Gasteiger partial charge in [-0.3, -0.25) is 9.52 Å². The van der Waals surface area contributed by atoms with Gasteiger partial charge in [-0.25, -0.2) is 21.2 Å². The average molecular weight is 382 g/mol. The van der Waals surface area contributed by atoms with Crippen molar-refractivity contribution in [1.29, 1.82) is 0 Å². The Balaban J connectivity index is 3.07. The maximum atomic E-state index is 14.0. The van der Waals surface area contributed by atoms with E-state index in [4.69, 9.17) is 5.11 Å². The normalized spacial score (nSPS) is 13.5. The minimum Gasteiger partial charge on any atom is -0.480 e. The molecule has 136 valence electrons. The van der Waals surface area contributed by atoms with Crippen LogP contribution in [-0.2, 0) is 24.8 Å². The topological polar surface area (TPSA) is 130 Å². The molecule has 0 saturated carbocycles. The van der Waals surface area contributed by atoms with Crippen molar-refractivity contribution in [3.05, 3.63) is 24.0 Å². The van der Waals surface area contributed by atoms with Crippen LogP contribution in [0, 0.1) is 5.82 Å². The summed E-state index contributed by atoms with van der Waals surface area (Å²) < 4.78 is 64.5. The molecular formula is C13H19FN2O6S2. The molecule has 0 amide bonds. The lowest BCUT2D eigenvalue weighted by Crippen LogP contribution is -2.40. The van der Waals surface area contributed by atoms with Crippen molar-refractivity contribution in [2.24, 2.45) is 0 Å². The van der Waals surface area contributed by atoms with Crippen LogP contribution in [0.5, 0.6) is 0 Å². The molecule has 24 heavy (non-hydrogen) atoms. The summed E-state index contributed by atoms with van der Waals surface area (Å²) in [6.07, 6.45) is 2.09. The van der Waals surface area contributed by atoms with Crippen LogP contribution in [0.3, 0.4) is 0 Å². The first-order valence-corrected chi connectivity index (χ1v) is 10.4. The number of benzene rings is 1. The zero-order valence-corrected chi connectivity index (χ0v) is 14.7. The molecule has 0 aliphatic rings. The van der Waals surface area contributed by atoms with Gasteiger partial charge in [-0.2, -0.15) is 4.72 Å². The Morgan fingerprint density at radius 3 is 2.38 bits per heavy atom. The fourth-order valence-electron chi connectivity index (χ4n) is 1.89. The summed E-state index contributed by atoms with van der Waals surface area (Å²) in [5.74, 6) is -2.56. The lowest BCUT2D eigenvalue weighted by molar-refractivity contribution is -0.139. The molecule has 11 heteroatoms. The molecule has 1 aromatic rings. The predicted molar refractivity (Wildman–Crippen MR) is 86.1 cm³/mol. The number of unbranched alkanes of at least 4 members (excludes halogenated alkanes) is 1. The Hall–Kier alpha value is -1.72. The standard InChI is InChI=1S/C13H19FN2O6S2/c1-3-4-5-11(13(17)18)16-24(21,22)12-7-6-9(8-10(12)14)15-23(2,19)20/h6-8,11,15-16H,3-5H2,1-2H3,(H,17,18). The highest BCUT2D eigenvalue weighted by atomic mass is 32.2. The Kier molecular flexibility index (Phi) is 6.69. The molecule has 1 atom stereocenters. The third-order valence-corrected chi connectivity index (χ3v) is 5.08. The molecule has 1 unspecified atom stereocenters. The van der Waals surface area contributed by atoms with Crippen molar-refractivity contribution in [3.8, 4) is 0 Å². The molecule has 8 nitrogen and oxygen atoms in total. The molecule has 1 aromatic carbocycles. The molecule has 1 rings (SSSR count). The van der Waals surface area contributed by atoms with Crippen LogP contribution in [0.1, 0.15) is 26.2 Å². The van der Waals surface area contributed by atoms with E-state index < -0.39 is 42.8 Å². The number of hydrogen-bond donors (Lipinski definition) is 3. The van der Waals surface area contributed by atoms with E-state index in [2.05, 4.69) is 0 Å².